The van der Waals surface area contributed by atoms with Gasteiger partial charge in [0.2, 0.25) is 6.79 Å². The van der Waals surface area contributed by atoms with Crippen molar-refractivity contribution in [2.24, 2.45) is 5.73 Å². The van der Waals surface area contributed by atoms with Gasteiger partial charge < -0.3 is 20.1 Å². The highest BCUT2D eigenvalue weighted by atomic mass is 35.5. The Bertz CT molecular complexity index is 504. The van der Waals surface area contributed by atoms with Crippen LogP contribution in [0.2, 0.25) is 5.02 Å². The lowest BCUT2D eigenvalue weighted by molar-refractivity contribution is 0.102. The van der Waals surface area contributed by atoms with E-state index in [9.17, 15) is 0 Å². The molecule has 1 aromatic carbocycles. The largest absolute Gasteiger partial charge is 0.454 e. The predicted octanol–water partition coefficient (Wildman–Crippen LogP) is 1.71. The number of ether oxygens (including phenoxy) is 2. The van der Waals surface area contributed by atoms with Crippen molar-refractivity contribution < 1.29 is 9.47 Å². The Kier molecular flexibility index (Phi) is 4.54. The van der Waals surface area contributed by atoms with Crippen LogP contribution in [0.5, 0.6) is 11.5 Å². The molecule has 2 N–H and O–H groups in total. The van der Waals surface area contributed by atoms with Crippen molar-refractivity contribution in [3.05, 3.63) is 22.7 Å². The average molecular weight is 312 g/mol. The molecule has 2 heterocycles. The first-order chi connectivity index (χ1) is 10.2. The molecule has 2 aliphatic heterocycles. The number of hydrogen-bond acceptors (Lipinski definition) is 5. The summed E-state index contributed by atoms with van der Waals surface area (Å²) in [6.45, 7) is 8.36. The Hall–Kier alpha value is -1.01. The van der Waals surface area contributed by atoms with E-state index in [2.05, 4.69) is 16.7 Å². The molecule has 0 bridgehead atoms. The highest BCUT2D eigenvalue weighted by Gasteiger charge is 2.26. The third-order valence-electron chi connectivity index (χ3n) is 4.35. The van der Waals surface area contributed by atoms with Gasteiger partial charge in [0.15, 0.2) is 11.5 Å². The summed E-state index contributed by atoms with van der Waals surface area (Å²) in [6, 6.07) is 4.15. The van der Waals surface area contributed by atoms with Gasteiger partial charge in [0.05, 0.1) is 5.02 Å². The molecule has 116 valence electrons. The molecule has 6 heteroatoms. The molecular formula is C15H22ClN3O2. The van der Waals surface area contributed by atoms with E-state index in [1.54, 1.807) is 0 Å². The maximum atomic E-state index is 6.29. The summed E-state index contributed by atoms with van der Waals surface area (Å²) in [5.74, 6) is 1.37. The topological polar surface area (TPSA) is 51.0 Å². The molecule has 1 aromatic rings. The highest BCUT2D eigenvalue weighted by molar-refractivity contribution is 6.32. The lowest BCUT2D eigenvalue weighted by Gasteiger charge is -2.38. The van der Waals surface area contributed by atoms with Gasteiger partial charge in [-0.15, -0.1) is 0 Å². The molecule has 0 amide bonds. The fourth-order valence-electron chi connectivity index (χ4n) is 3.07. The van der Waals surface area contributed by atoms with Crippen LogP contribution in [-0.4, -0.2) is 55.9 Å². The Morgan fingerprint density at radius 3 is 2.67 bits per heavy atom. The molecule has 0 aromatic heterocycles. The van der Waals surface area contributed by atoms with Crippen LogP contribution >= 0.6 is 11.6 Å². The molecule has 1 unspecified atom stereocenters. The van der Waals surface area contributed by atoms with Crippen molar-refractivity contribution in [1.29, 1.82) is 0 Å². The second-order valence-electron chi connectivity index (χ2n) is 5.46. The number of likely N-dealkylation sites (N-methyl/N-ethyl adjacent to an activating group) is 1. The van der Waals surface area contributed by atoms with Gasteiger partial charge in [-0.3, -0.25) is 4.90 Å². The summed E-state index contributed by atoms with van der Waals surface area (Å²) in [7, 11) is 0. The van der Waals surface area contributed by atoms with Crippen LogP contribution in [0.15, 0.2) is 12.1 Å². The predicted molar refractivity (Wildman–Crippen MR) is 83.1 cm³/mol. The van der Waals surface area contributed by atoms with Gasteiger partial charge in [0.25, 0.3) is 0 Å². The molecule has 0 saturated carbocycles. The van der Waals surface area contributed by atoms with Crippen LogP contribution in [0, 0.1) is 0 Å². The van der Waals surface area contributed by atoms with E-state index in [0.717, 1.165) is 44.0 Å². The monoisotopic (exact) mass is 311 g/mol. The Labute approximate surface area is 130 Å². The first-order valence-electron chi connectivity index (χ1n) is 7.48. The average Bonchev–Trinajstić information content (AvgIpc) is 2.98. The number of fused-ring (bicyclic) bond motifs is 1. The fourth-order valence-corrected chi connectivity index (χ4v) is 3.34. The fraction of sp³-hybridized carbons (Fsp3) is 0.600. The van der Waals surface area contributed by atoms with Gasteiger partial charge in [-0.25, -0.2) is 0 Å². The first kappa shape index (κ1) is 14.9. The third-order valence-corrected chi connectivity index (χ3v) is 4.63. The minimum absolute atomic E-state index is 0.177. The van der Waals surface area contributed by atoms with Gasteiger partial charge in [0, 0.05) is 38.8 Å². The molecule has 5 nitrogen and oxygen atoms in total. The lowest BCUT2D eigenvalue weighted by atomic mass is 10.0. The highest BCUT2D eigenvalue weighted by Crippen LogP contribution is 2.41. The summed E-state index contributed by atoms with van der Waals surface area (Å²) in [5.41, 5.74) is 7.14. The minimum atomic E-state index is 0.177. The molecule has 1 saturated heterocycles. The van der Waals surface area contributed by atoms with Crippen molar-refractivity contribution in [1.82, 2.24) is 9.80 Å². The first-order valence-corrected chi connectivity index (χ1v) is 7.86. The normalized spacial score (nSPS) is 20.7. The molecule has 1 fully saturated rings. The third kappa shape index (κ3) is 2.97. The molecule has 0 radical (unpaired) electrons. The van der Waals surface area contributed by atoms with E-state index in [1.807, 2.05) is 12.1 Å². The molecule has 2 aliphatic rings. The minimum Gasteiger partial charge on any atom is -0.454 e. The van der Waals surface area contributed by atoms with Crippen LogP contribution in [0.1, 0.15) is 18.5 Å². The summed E-state index contributed by atoms with van der Waals surface area (Å²) in [6.07, 6.45) is 0. The van der Waals surface area contributed by atoms with Gasteiger partial charge in [-0.2, -0.15) is 0 Å². The van der Waals surface area contributed by atoms with Crippen LogP contribution < -0.4 is 15.2 Å². The van der Waals surface area contributed by atoms with Crippen LogP contribution in [0.3, 0.4) is 0 Å². The number of hydrogen-bond donors (Lipinski definition) is 1. The summed E-state index contributed by atoms with van der Waals surface area (Å²) >= 11 is 6.29. The Morgan fingerprint density at radius 2 is 2.00 bits per heavy atom. The Morgan fingerprint density at radius 1 is 1.24 bits per heavy atom. The van der Waals surface area contributed by atoms with Gasteiger partial charge >= 0.3 is 0 Å². The smallest absolute Gasteiger partial charge is 0.231 e. The second-order valence-corrected chi connectivity index (χ2v) is 5.87. The van der Waals surface area contributed by atoms with Gasteiger partial charge in [0.1, 0.15) is 0 Å². The molecule has 1 atom stereocenters. The molecule has 21 heavy (non-hydrogen) atoms. The van der Waals surface area contributed by atoms with Crippen molar-refractivity contribution in [3.8, 4) is 11.5 Å². The molecular weight excluding hydrogens is 290 g/mol. The summed E-state index contributed by atoms with van der Waals surface area (Å²) in [5, 5.41) is 0.602. The van der Waals surface area contributed by atoms with Crippen molar-refractivity contribution in [2.75, 3.05) is 46.1 Å². The number of rotatable bonds is 4. The maximum absolute atomic E-state index is 6.29. The molecule has 3 rings (SSSR count). The number of piperazine rings is 1. The van der Waals surface area contributed by atoms with E-state index < -0.39 is 0 Å². The van der Waals surface area contributed by atoms with E-state index >= 15 is 0 Å². The Balaban J connectivity index is 1.79. The number of halogens is 1. The van der Waals surface area contributed by atoms with E-state index in [4.69, 9.17) is 26.8 Å². The van der Waals surface area contributed by atoms with E-state index in [1.165, 1.54) is 0 Å². The molecule has 0 aliphatic carbocycles. The SMILES string of the molecule is CCN1CCN(C(CN)c2cc(Cl)c3c(c2)OCO3)CC1. The number of benzene rings is 1. The van der Waals surface area contributed by atoms with E-state index in [-0.39, 0.29) is 12.8 Å². The second kappa shape index (κ2) is 6.40. The zero-order valence-electron chi connectivity index (χ0n) is 12.3. The summed E-state index contributed by atoms with van der Waals surface area (Å²) < 4.78 is 10.8. The number of nitrogens with two attached hydrogens (primary N) is 1. The maximum Gasteiger partial charge on any atom is 0.231 e. The van der Waals surface area contributed by atoms with E-state index in [0.29, 0.717) is 17.3 Å². The van der Waals surface area contributed by atoms with Crippen LogP contribution in [0.4, 0.5) is 0 Å². The lowest BCUT2D eigenvalue weighted by Crippen LogP contribution is -2.48. The zero-order chi connectivity index (χ0) is 14.8. The number of nitrogens with zero attached hydrogens (tertiary/aromatic N) is 2. The van der Waals surface area contributed by atoms with Crippen molar-refractivity contribution in [2.45, 2.75) is 13.0 Å². The van der Waals surface area contributed by atoms with Crippen LogP contribution in [0.25, 0.3) is 0 Å². The van der Waals surface area contributed by atoms with Crippen molar-refractivity contribution in [3.63, 3.8) is 0 Å². The summed E-state index contributed by atoms with van der Waals surface area (Å²) in [4.78, 5) is 4.89. The molecule has 0 spiro atoms. The van der Waals surface area contributed by atoms with Gasteiger partial charge in [-0.1, -0.05) is 18.5 Å². The van der Waals surface area contributed by atoms with Gasteiger partial charge in [-0.05, 0) is 24.2 Å². The van der Waals surface area contributed by atoms with Crippen LogP contribution in [-0.2, 0) is 0 Å². The standard InChI is InChI=1S/C15H22ClN3O2/c1-2-18-3-5-19(6-4-18)13(9-17)11-7-12(16)15-14(8-11)20-10-21-15/h7-8,13H,2-6,9-10,17H2,1H3. The quantitative estimate of drug-likeness (QED) is 0.917. The zero-order valence-corrected chi connectivity index (χ0v) is 13.1. The van der Waals surface area contributed by atoms with Crippen molar-refractivity contribution >= 4 is 11.6 Å².